The Labute approximate surface area is 66.7 Å². The van der Waals surface area contributed by atoms with Crippen molar-refractivity contribution >= 4 is 12.6 Å². The Balaban J connectivity index is 2.76. The number of hydrogen-bond acceptors (Lipinski definition) is 0. The minimum absolute atomic E-state index is 0.509. The molecule has 0 aliphatic heterocycles. The van der Waals surface area contributed by atoms with Crippen LogP contribution in [0.2, 0.25) is 0 Å². The van der Waals surface area contributed by atoms with Gasteiger partial charge in [-0.25, -0.2) is 0 Å². The summed E-state index contributed by atoms with van der Waals surface area (Å²) in [5.41, 5.74) is 1.03. The molecule has 1 aromatic rings. The fraction of sp³-hybridized carbons (Fsp3) is 0.111. The average Bonchev–Trinajstić information content (AvgIpc) is 2.03. The third-order valence-corrected chi connectivity index (χ3v) is 1.22. The lowest BCUT2D eigenvalue weighted by Crippen LogP contribution is -1.70. The highest BCUT2D eigenvalue weighted by atomic mass is 32.1. The molecule has 0 aliphatic rings. The third kappa shape index (κ3) is 2.16. The van der Waals surface area contributed by atoms with E-state index in [1.165, 1.54) is 0 Å². The van der Waals surface area contributed by atoms with E-state index in [2.05, 4.69) is 24.5 Å². The predicted octanol–water partition coefficient (Wildman–Crippen LogP) is 2.24. The van der Waals surface area contributed by atoms with Crippen molar-refractivity contribution in [1.29, 1.82) is 0 Å². The minimum Gasteiger partial charge on any atom is -0.0861 e. The van der Waals surface area contributed by atoms with E-state index in [9.17, 15) is 0 Å². The first-order valence-corrected chi connectivity index (χ1v) is 3.63. The van der Waals surface area contributed by atoms with Crippen LogP contribution >= 0.6 is 12.6 Å². The maximum absolute atomic E-state index is 4.68. The molecule has 0 aromatic heterocycles. The lowest BCUT2D eigenvalue weighted by atomic mass is 10.2. The van der Waals surface area contributed by atoms with Crippen LogP contribution in [0.5, 0.6) is 0 Å². The molecule has 0 heterocycles. The monoisotopic (exact) mass is 147 g/mol. The van der Waals surface area contributed by atoms with E-state index in [4.69, 9.17) is 0 Å². The van der Waals surface area contributed by atoms with Gasteiger partial charge in [0, 0.05) is 5.56 Å². The second kappa shape index (κ2) is 4.03. The Morgan fingerprint density at radius 2 is 1.90 bits per heavy atom. The summed E-state index contributed by atoms with van der Waals surface area (Å²) in [4.78, 5) is 0. The van der Waals surface area contributed by atoms with Crippen LogP contribution < -0.4 is 0 Å². The standard InChI is InChI=1S/C9H7S/c10-8-4-7-9-5-2-1-3-6-9/h1-3,5-6H,8H2. The second-order valence-corrected chi connectivity index (χ2v) is 2.10. The van der Waals surface area contributed by atoms with Gasteiger partial charge in [0.2, 0.25) is 0 Å². The number of hydrogen-bond donors (Lipinski definition) is 0. The summed E-state index contributed by atoms with van der Waals surface area (Å²) in [6.45, 7) is 0. The number of benzene rings is 1. The van der Waals surface area contributed by atoms with Crippen molar-refractivity contribution in [3.8, 4) is 11.8 Å². The predicted molar refractivity (Wildman–Crippen MR) is 45.8 cm³/mol. The third-order valence-electron chi connectivity index (χ3n) is 1.08. The maximum Gasteiger partial charge on any atom is 0.0655 e. The van der Waals surface area contributed by atoms with Crippen LogP contribution in [-0.2, 0) is 0 Å². The van der Waals surface area contributed by atoms with Crippen molar-refractivity contribution < 1.29 is 0 Å². The molecule has 0 bridgehead atoms. The van der Waals surface area contributed by atoms with Gasteiger partial charge in [-0.15, -0.1) is 0 Å². The molecule has 0 amide bonds. The van der Waals surface area contributed by atoms with Crippen molar-refractivity contribution in [3.63, 3.8) is 0 Å². The summed E-state index contributed by atoms with van der Waals surface area (Å²) < 4.78 is 0. The van der Waals surface area contributed by atoms with Gasteiger partial charge in [0.1, 0.15) is 0 Å². The van der Waals surface area contributed by atoms with Gasteiger partial charge in [0.25, 0.3) is 0 Å². The molecule has 0 saturated carbocycles. The van der Waals surface area contributed by atoms with Gasteiger partial charge in [-0.2, -0.15) is 0 Å². The van der Waals surface area contributed by atoms with E-state index in [1.54, 1.807) is 0 Å². The van der Waals surface area contributed by atoms with Gasteiger partial charge in [0.15, 0.2) is 0 Å². The maximum atomic E-state index is 4.68. The van der Waals surface area contributed by atoms with Gasteiger partial charge >= 0.3 is 0 Å². The molecular weight excluding hydrogens is 140 g/mol. The van der Waals surface area contributed by atoms with Crippen molar-refractivity contribution in [2.45, 2.75) is 0 Å². The zero-order valence-corrected chi connectivity index (χ0v) is 6.32. The Morgan fingerprint density at radius 1 is 1.20 bits per heavy atom. The lowest BCUT2D eigenvalue weighted by Gasteiger charge is -1.84. The Kier molecular flexibility index (Phi) is 2.92. The summed E-state index contributed by atoms with van der Waals surface area (Å²) in [5, 5.41) is 0. The molecule has 1 rings (SSSR count). The summed E-state index contributed by atoms with van der Waals surface area (Å²) in [7, 11) is 0. The summed E-state index contributed by atoms with van der Waals surface area (Å²) in [6, 6.07) is 9.84. The quantitative estimate of drug-likeness (QED) is 0.494. The normalized spacial score (nSPS) is 8.10. The van der Waals surface area contributed by atoms with Crippen LogP contribution in [0.1, 0.15) is 5.56 Å². The van der Waals surface area contributed by atoms with Crippen LogP contribution in [-0.4, -0.2) is 5.75 Å². The average molecular weight is 147 g/mol. The Hall–Kier alpha value is -0.870. The Bertz CT molecular complexity index is 240. The van der Waals surface area contributed by atoms with E-state index < -0.39 is 0 Å². The van der Waals surface area contributed by atoms with E-state index in [1.807, 2.05) is 30.3 Å². The van der Waals surface area contributed by atoms with Crippen LogP contribution in [0.15, 0.2) is 30.3 Å². The number of rotatable bonds is 0. The molecule has 10 heavy (non-hydrogen) atoms. The van der Waals surface area contributed by atoms with Crippen LogP contribution in [0.4, 0.5) is 0 Å². The summed E-state index contributed by atoms with van der Waals surface area (Å²) >= 11 is 4.68. The highest BCUT2D eigenvalue weighted by molar-refractivity contribution is 7.80. The second-order valence-electron chi connectivity index (χ2n) is 1.81. The van der Waals surface area contributed by atoms with Gasteiger partial charge in [0.05, 0.1) is 5.75 Å². The first-order chi connectivity index (χ1) is 4.93. The van der Waals surface area contributed by atoms with E-state index >= 15 is 0 Å². The molecule has 0 saturated heterocycles. The first kappa shape index (κ1) is 7.24. The summed E-state index contributed by atoms with van der Waals surface area (Å²) in [6.07, 6.45) is 0. The molecule has 49 valence electrons. The molecule has 0 aliphatic carbocycles. The van der Waals surface area contributed by atoms with Crippen LogP contribution in [0.3, 0.4) is 0 Å². The first-order valence-electron chi connectivity index (χ1n) is 3.05. The van der Waals surface area contributed by atoms with Gasteiger partial charge < -0.3 is 0 Å². The molecule has 0 atom stereocenters. The molecular formula is C9H7S. The molecule has 0 nitrogen and oxygen atoms in total. The molecule has 1 radical (unpaired) electrons. The molecule has 1 heteroatoms. The molecule has 0 unspecified atom stereocenters. The largest absolute Gasteiger partial charge is 0.0861 e. The molecule has 0 N–H and O–H groups in total. The van der Waals surface area contributed by atoms with Crippen LogP contribution in [0, 0.1) is 11.8 Å². The topological polar surface area (TPSA) is 0 Å². The Morgan fingerprint density at radius 3 is 2.50 bits per heavy atom. The molecule has 0 fully saturated rings. The van der Waals surface area contributed by atoms with Gasteiger partial charge in [-0.3, -0.25) is 0 Å². The highest BCUT2D eigenvalue weighted by Gasteiger charge is 1.78. The fourth-order valence-electron chi connectivity index (χ4n) is 0.660. The smallest absolute Gasteiger partial charge is 0.0655 e. The summed E-state index contributed by atoms with van der Waals surface area (Å²) in [5.74, 6) is 6.28. The lowest BCUT2D eigenvalue weighted by molar-refractivity contribution is 1.65. The SMILES string of the molecule is [S]CC#Cc1ccccc1. The van der Waals surface area contributed by atoms with Crippen LogP contribution in [0.25, 0.3) is 0 Å². The highest BCUT2D eigenvalue weighted by Crippen LogP contribution is 1.94. The van der Waals surface area contributed by atoms with Crippen molar-refractivity contribution in [2.75, 3.05) is 5.75 Å². The zero-order valence-electron chi connectivity index (χ0n) is 5.50. The zero-order chi connectivity index (χ0) is 7.23. The van der Waals surface area contributed by atoms with Crippen molar-refractivity contribution in [3.05, 3.63) is 35.9 Å². The minimum atomic E-state index is 0.509. The molecule has 1 aromatic carbocycles. The van der Waals surface area contributed by atoms with E-state index in [0.29, 0.717) is 5.75 Å². The molecule has 0 spiro atoms. The van der Waals surface area contributed by atoms with Crippen molar-refractivity contribution in [1.82, 2.24) is 0 Å². The fourth-order valence-corrected chi connectivity index (χ4v) is 0.732. The van der Waals surface area contributed by atoms with Gasteiger partial charge in [-0.1, -0.05) is 42.7 Å². The van der Waals surface area contributed by atoms with E-state index in [0.717, 1.165) is 5.56 Å². The van der Waals surface area contributed by atoms with Gasteiger partial charge in [-0.05, 0) is 12.1 Å². The van der Waals surface area contributed by atoms with E-state index in [-0.39, 0.29) is 0 Å². The van der Waals surface area contributed by atoms with Crippen molar-refractivity contribution in [2.24, 2.45) is 0 Å².